The number of ether oxygens (including phenoxy) is 1. The fraction of sp³-hybridized carbons (Fsp3) is 0.333. The van der Waals surface area contributed by atoms with E-state index in [0.29, 0.717) is 0 Å². The third-order valence-electron chi connectivity index (χ3n) is 0.185. The van der Waals surface area contributed by atoms with Gasteiger partial charge in [-0.3, -0.25) is 0 Å². The maximum absolute atomic E-state index is 9.56. The Balaban J connectivity index is 0. The Labute approximate surface area is 66.3 Å². The third kappa shape index (κ3) is 10.7. The fourth-order valence-corrected chi connectivity index (χ4v) is 0.0587. The van der Waals surface area contributed by atoms with Gasteiger partial charge in [-0.25, -0.2) is 0 Å². The summed E-state index contributed by atoms with van der Waals surface area (Å²) in [5, 5.41) is 0. The predicted molar refractivity (Wildman–Crippen MR) is 17.5 cm³/mol. The van der Waals surface area contributed by atoms with E-state index in [9.17, 15) is 4.79 Å². The summed E-state index contributed by atoms with van der Waals surface area (Å²) in [4.78, 5) is 18.6. The Morgan fingerprint density at radius 1 is 1.71 bits per heavy atom. The monoisotopic (exact) mass is 176 g/mol. The summed E-state index contributed by atoms with van der Waals surface area (Å²) in [6.45, 7) is 2.10. The van der Waals surface area contributed by atoms with Crippen LogP contribution in [-0.4, -0.2) is 12.4 Å². The zero-order chi connectivity index (χ0) is 4.99. The van der Waals surface area contributed by atoms with Crippen LogP contribution in [0.4, 0.5) is 0 Å². The van der Waals surface area contributed by atoms with Gasteiger partial charge < -0.3 is 14.3 Å². The molecule has 3 nitrogen and oxygen atoms in total. The Hall–Kier alpha value is 0.244. The molecule has 0 amide bonds. The summed E-state index contributed by atoms with van der Waals surface area (Å²) in [5.74, 6) is -0.634. The van der Waals surface area contributed by atoms with Crippen molar-refractivity contribution in [2.75, 3.05) is 0 Å². The second-order valence-electron chi connectivity index (χ2n) is 0.677. The van der Waals surface area contributed by atoms with Crippen molar-refractivity contribution in [1.29, 1.82) is 0 Å². The summed E-state index contributed by atoms with van der Waals surface area (Å²) in [7, 11) is 0. The molecule has 0 bridgehead atoms. The molecule has 0 saturated carbocycles. The number of hydrogen-bond acceptors (Lipinski definition) is 3. The zero-order valence-corrected chi connectivity index (χ0v) is 6.64. The maximum Gasteiger partial charge on any atom is 3.00 e. The predicted octanol–water partition coefficient (Wildman–Crippen LogP) is -0.386. The van der Waals surface area contributed by atoms with Gasteiger partial charge in [-0.1, -0.05) is 0 Å². The van der Waals surface area contributed by atoms with E-state index in [4.69, 9.17) is 4.79 Å². The largest absolute Gasteiger partial charge is 3.00 e. The van der Waals surface area contributed by atoms with E-state index in [2.05, 4.69) is 4.74 Å². The SMILES string of the molecule is CC(=O)O[C-]=O.[Y+3]. The smallest absolute Gasteiger partial charge is 0.584 e. The Kier molecular flexibility index (Phi) is 9.16. The first-order chi connectivity index (χ1) is 2.77. The first-order valence-electron chi connectivity index (χ1n) is 1.32. The van der Waals surface area contributed by atoms with Crippen LogP contribution < -0.4 is 0 Å². The fourth-order valence-electron chi connectivity index (χ4n) is 0.0587. The van der Waals surface area contributed by atoms with Gasteiger partial charge >= 0.3 is 32.7 Å². The van der Waals surface area contributed by atoms with Gasteiger partial charge in [-0.05, 0) is 6.92 Å². The minimum Gasteiger partial charge on any atom is -0.584 e. The molecule has 0 aromatic rings. The molecule has 0 heterocycles. The summed E-state index contributed by atoms with van der Waals surface area (Å²) in [5.41, 5.74) is 0. The molecule has 4 heteroatoms. The molecule has 0 radical (unpaired) electrons. The summed E-state index contributed by atoms with van der Waals surface area (Å²) in [6, 6.07) is 0. The van der Waals surface area contributed by atoms with Crippen molar-refractivity contribution in [3.05, 3.63) is 0 Å². The van der Waals surface area contributed by atoms with Gasteiger partial charge in [0.05, 0.1) is 0 Å². The molecule has 7 heavy (non-hydrogen) atoms. The minimum atomic E-state index is -0.634. The van der Waals surface area contributed by atoms with Gasteiger partial charge in [0.15, 0.2) is 6.47 Å². The molecule has 0 rings (SSSR count). The van der Waals surface area contributed by atoms with E-state index < -0.39 is 5.97 Å². The van der Waals surface area contributed by atoms with Crippen LogP contribution in [0.5, 0.6) is 0 Å². The molecule has 0 aliphatic heterocycles. The molecular weight excluding hydrogens is 173 g/mol. The number of esters is 1. The van der Waals surface area contributed by atoms with Crippen LogP contribution in [-0.2, 0) is 47.0 Å². The molecule has 0 aromatic heterocycles. The van der Waals surface area contributed by atoms with Gasteiger partial charge in [0, 0.05) is 0 Å². The van der Waals surface area contributed by atoms with E-state index in [-0.39, 0.29) is 32.7 Å². The van der Waals surface area contributed by atoms with Crippen molar-refractivity contribution in [3.63, 3.8) is 0 Å². The Morgan fingerprint density at radius 2 is 2.14 bits per heavy atom. The molecule has 0 unspecified atom stereocenters. The van der Waals surface area contributed by atoms with Gasteiger partial charge in [0.1, 0.15) is 5.97 Å². The molecule has 0 N–H and O–H groups in total. The number of rotatable bonds is 1. The quantitative estimate of drug-likeness (QED) is 0.310. The van der Waals surface area contributed by atoms with Crippen molar-refractivity contribution in [3.8, 4) is 0 Å². The average molecular weight is 176 g/mol. The van der Waals surface area contributed by atoms with E-state index >= 15 is 0 Å². The molecular formula is C3H3O3Y+2. The molecule has 0 fully saturated rings. The number of carbonyl (C=O) groups is 1. The standard InChI is InChI=1S/C3H3O3.Y/c1-3(5)6-2-4;/h1H3;/q-1;+3. The van der Waals surface area contributed by atoms with Crippen LogP contribution >= 0.6 is 0 Å². The van der Waals surface area contributed by atoms with Gasteiger partial charge in [0.25, 0.3) is 0 Å². The van der Waals surface area contributed by atoms with Crippen LogP contribution in [0.1, 0.15) is 6.92 Å². The van der Waals surface area contributed by atoms with E-state index in [1.807, 2.05) is 0 Å². The summed E-state index contributed by atoms with van der Waals surface area (Å²) < 4.78 is 3.60. The van der Waals surface area contributed by atoms with Crippen molar-refractivity contribution < 1.29 is 47.0 Å². The van der Waals surface area contributed by atoms with E-state index in [1.54, 1.807) is 0 Å². The summed E-state index contributed by atoms with van der Waals surface area (Å²) >= 11 is 0. The van der Waals surface area contributed by atoms with Crippen LogP contribution in [0.25, 0.3) is 0 Å². The molecule has 0 spiro atoms. The topological polar surface area (TPSA) is 43.4 Å². The molecule has 34 valence electrons. The van der Waals surface area contributed by atoms with Gasteiger partial charge in [-0.15, -0.1) is 0 Å². The molecule has 0 aliphatic rings. The first kappa shape index (κ1) is 10.3. The second-order valence-corrected chi connectivity index (χ2v) is 0.677. The first-order valence-corrected chi connectivity index (χ1v) is 1.32. The van der Waals surface area contributed by atoms with Crippen LogP contribution in [0.15, 0.2) is 0 Å². The molecule has 0 aliphatic carbocycles. The van der Waals surface area contributed by atoms with E-state index in [0.717, 1.165) is 13.4 Å². The van der Waals surface area contributed by atoms with Crippen LogP contribution in [0.3, 0.4) is 0 Å². The van der Waals surface area contributed by atoms with Crippen LogP contribution in [0.2, 0.25) is 0 Å². The Morgan fingerprint density at radius 3 is 2.14 bits per heavy atom. The van der Waals surface area contributed by atoms with Crippen molar-refractivity contribution in [2.45, 2.75) is 6.92 Å². The number of hydrogen-bond donors (Lipinski definition) is 0. The Bertz CT molecular complexity index is 70.6. The van der Waals surface area contributed by atoms with E-state index in [1.165, 1.54) is 0 Å². The van der Waals surface area contributed by atoms with Crippen molar-refractivity contribution in [2.24, 2.45) is 0 Å². The second kappa shape index (κ2) is 6.24. The minimum absolute atomic E-state index is 0. The summed E-state index contributed by atoms with van der Waals surface area (Å²) in [6.07, 6.45) is 0. The van der Waals surface area contributed by atoms with Gasteiger partial charge in [0.2, 0.25) is 0 Å². The van der Waals surface area contributed by atoms with Gasteiger partial charge in [-0.2, -0.15) is 0 Å². The van der Waals surface area contributed by atoms with Crippen LogP contribution in [0, 0.1) is 0 Å². The molecule has 0 aromatic carbocycles. The average Bonchev–Trinajstić information content (AvgIpc) is 1.35. The van der Waals surface area contributed by atoms with Crippen molar-refractivity contribution >= 4 is 12.4 Å². The number of carbonyl (C=O) groups excluding carboxylic acids is 2. The zero-order valence-electron chi connectivity index (χ0n) is 3.80. The molecule has 0 atom stereocenters. The molecule has 0 saturated heterocycles. The third-order valence-corrected chi connectivity index (χ3v) is 0.185. The maximum atomic E-state index is 9.56. The normalized spacial score (nSPS) is 5.86. The van der Waals surface area contributed by atoms with Crippen molar-refractivity contribution in [1.82, 2.24) is 0 Å².